The topological polar surface area (TPSA) is 15.3 Å². The van der Waals surface area contributed by atoms with E-state index in [9.17, 15) is 0 Å². The maximum atomic E-state index is 3.40. The number of aryl methyl sites for hydroxylation is 1. The van der Waals surface area contributed by atoms with Crippen LogP contribution in [0.25, 0.3) is 0 Å². The van der Waals surface area contributed by atoms with Gasteiger partial charge in [-0.05, 0) is 46.5 Å². The molecule has 1 N–H and O–H groups in total. The third kappa shape index (κ3) is 2.45. The largest absolute Gasteiger partial charge is 0.319 e. The first-order valence-electron chi connectivity index (χ1n) is 6.97. The summed E-state index contributed by atoms with van der Waals surface area (Å²) in [5.41, 5.74) is 3.25. The summed E-state index contributed by atoms with van der Waals surface area (Å²) >= 11 is 0. The number of nitrogens with one attached hydrogen (secondary N) is 1. The van der Waals surface area contributed by atoms with Crippen LogP contribution in [0.1, 0.15) is 36.4 Å². The Balaban J connectivity index is 2.33. The number of rotatable bonds is 5. The molecule has 1 aliphatic rings. The zero-order chi connectivity index (χ0) is 13.2. The summed E-state index contributed by atoms with van der Waals surface area (Å²) in [7, 11) is 6.49. The summed E-state index contributed by atoms with van der Waals surface area (Å²) in [4.78, 5) is 2.39. The Labute approximate surface area is 111 Å². The van der Waals surface area contributed by atoms with Crippen molar-refractivity contribution in [2.45, 2.75) is 32.2 Å². The first kappa shape index (κ1) is 13.6. The molecular weight excluding hydrogens is 220 g/mol. The third-order valence-electron chi connectivity index (χ3n) is 4.33. The van der Waals surface area contributed by atoms with Crippen LogP contribution in [-0.2, 0) is 0 Å². The Morgan fingerprint density at radius 2 is 2.06 bits per heavy atom. The van der Waals surface area contributed by atoms with Crippen molar-refractivity contribution in [3.8, 4) is 0 Å². The van der Waals surface area contributed by atoms with Gasteiger partial charge in [0.1, 0.15) is 0 Å². The molecule has 1 atom stereocenters. The van der Waals surface area contributed by atoms with Crippen molar-refractivity contribution in [3.63, 3.8) is 0 Å². The average Bonchev–Trinajstić information content (AvgIpc) is 2.25. The highest BCUT2D eigenvalue weighted by Gasteiger charge is 2.45. The van der Waals surface area contributed by atoms with Gasteiger partial charge in [0.2, 0.25) is 0 Å². The quantitative estimate of drug-likeness (QED) is 0.859. The van der Waals surface area contributed by atoms with Gasteiger partial charge in [-0.3, -0.25) is 0 Å². The lowest BCUT2D eigenvalue weighted by Crippen LogP contribution is -2.48. The molecule has 0 aliphatic heterocycles. The summed E-state index contributed by atoms with van der Waals surface area (Å²) in [6.07, 6.45) is 4.05. The summed E-state index contributed by atoms with van der Waals surface area (Å²) in [6.45, 7) is 3.30. The predicted octanol–water partition coefficient (Wildman–Crippen LogP) is 2.99. The van der Waals surface area contributed by atoms with Crippen LogP contribution >= 0.6 is 0 Å². The molecular formula is C16H26N2. The molecule has 1 aliphatic carbocycles. The molecule has 0 bridgehead atoms. The van der Waals surface area contributed by atoms with E-state index in [1.165, 1.54) is 30.4 Å². The minimum atomic E-state index is 0.423. The number of benzene rings is 1. The second kappa shape index (κ2) is 5.41. The van der Waals surface area contributed by atoms with Crippen molar-refractivity contribution < 1.29 is 0 Å². The standard InChI is InChI=1S/C16H26N2/c1-13-7-5-8-14(11-13)15(18(3)4)16(12-17-2)9-6-10-16/h5,7-8,11,15,17H,6,9-10,12H2,1-4H3. The summed E-state index contributed by atoms with van der Waals surface area (Å²) in [6, 6.07) is 9.53. The number of nitrogens with zero attached hydrogens (tertiary/aromatic N) is 1. The van der Waals surface area contributed by atoms with E-state index >= 15 is 0 Å². The highest BCUT2D eigenvalue weighted by Crippen LogP contribution is 2.51. The van der Waals surface area contributed by atoms with Crippen LogP contribution in [0.4, 0.5) is 0 Å². The molecule has 2 nitrogen and oxygen atoms in total. The van der Waals surface area contributed by atoms with Crippen LogP contribution in [0.2, 0.25) is 0 Å². The molecule has 2 rings (SSSR count). The SMILES string of the molecule is CNCC1(C(c2cccc(C)c2)N(C)C)CCC1. The maximum absolute atomic E-state index is 3.40. The first-order chi connectivity index (χ1) is 8.59. The molecule has 0 aromatic heterocycles. The van der Waals surface area contributed by atoms with Crippen molar-refractivity contribution in [1.29, 1.82) is 0 Å². The van der Waals surface area contributed by atoms with Crippen LogP contribution < -0.4 is 5.32 Å². The average molecular weight is 246 g/mol. The molecule has 0 spiro atoms. The van der Waals surface area contributed by atoms with E-state index in [4.69, 9.17) is 0 Å². The van der Waals surface area contributed by atoms with Gasteiger partial charge in [0.05, 0.1) is 0 Å². The van der Waals surface area contributed by atoms with Crippen molar-refractivity contribution >= 4 is 0 Å². The van der Waals surface area contributed by atoms with Crippen molar-refractivity contribution in [1.82, 2.24) is 10.2 Å². The van der Waals surface area contributed by atoms with Crippen molar-refractivity contribution in [2.75, 3.05) is 27.7 Å². The fraction of sp³-hybridized carbons (Fsp3) is 0.625. The van der Waals surface area contributed by atoms with Crippen LogP contribution in [-0.4, -0.2) is 32.6 Å². The van der Waals surface area contributed by atoms with Gasteiger partial charge in [0.15, 0.2) is 0 Å². The Morgan fingerprint density at radius 3 is 2.50 bits per heavy atom. The molecule has 0 amide bonds. The fourth-order valence-electron chi connectivity index (χ4n) is 3.57. The number of hydrogen-bond donors (Lipinski definition) is 1. The molecule has 18 heavy (non-hydrogen) atoms. The van der Waals surface area contributed by atoms with E-state index in [0.29, 0.717) is 11.5 Å². The van der Waals surface area contributed by atoms with Gasteiger partial charge >= 0.3 is 0 Å². The molecule has 0 radical (unpaired) electrons. The lowest BCUT2D eigenvalue weighted by molar-refractivity contribution is 0.0216. The van der Waals surface area contributed by atoms with E-state index < -0.39 is 0 Å². The Bertz CT molecular complexity index is 394. The lowest BCUT2D eigenvalue weighted by Gasteiger charge is -2.50. The lowest BCUT2D eigenvalue weighted by atomic mass is 9.62. The molecule has 100 valence electrons. The molecule has 1 aromatic rings. The normalized spacial score (nSPS) is 19.6. The fourth-order valence-corrected chi connectivity index (χ4v) is 3.57. The monoisotopic (exact) mass is 246 g/mol. The van der Waals surface area contributed by atoms with Gasteiger partial charge in [-0.2, -0.15) is 0 Å². The second-order valence-electron chi connectivity index (χ2n) is 6.03. The third-order valence-corrected chi connectivity index (χ3v) is 4.33. The van der Waals surface area contributed by atoms with E-state index in [0.717, 1.165) is 6.54 Å². The van der Waals surface area contributed by atoms with E-state index in [2.05, 4.69) is 62.5 Å². The summed E-state index contributed by atoms with van der Waals surface area (Å²) < 4.78 is 0. The van der Waals surface area contributed by atoms with E-state index in [-0.39, 0.29) is 0 Å². The molecule has 2 heteroatoms. The van der Waals surface area contributed by atoms with Gasteiger partial charge in [-0.1, -0.05) is 36.2 Å². The summed E-state index contributed by atoms with van der Waals surface area (Å²) in [5.74, 6) is 0. The van der Waals surface area contributed by atoms with Gasteiger partial charge in [0, 0.05) is 18.0 Å². The van der Waals surface area contributed by atoms with Gasteiger partial charge in [-0.25, -0.2) is 0 Å². The Kier molecular flexibility index (Phi) is 4.08. The zero-order valence-corrected chi connectivity index (χ0v) is 12.2. The molecule has 1 aromatic carbocycles. The Morgan fingerprint density at radius 1 is 1.33 bits per heavy atom. The highest BCUT2D eigenvalue weighted by atomic mass is 15.1. The van der Waals surface area contributed by atoms with Crippen LogP contribution in [0.3, 0.4) is 0 Å². The summed E-state index contributed by atoms with van der Waals surface area (Å²) in [5, 5.41) is 3.40. The van der Waals surface area contributed by atoms with E-state index in [1.54, 1.807) is 0 Å². The van der Waals surface area contributed by atoms with Crippen LogP contribution in [0, 0.1) is 12.3 Å². The van der Waals surface area contributed by atoms with Gasteiger partial charge < -0.3 is 10.2 Å². The predicted molar refractivity (Wildman–Crippen MR) is 77.8 cm³/mol. The highest BCUT2D eigenvalue weighted by molar-refractivity contribution is 5.27. The van der Waals surface area contributed by atoms with Crippen LogP contribution in [0.15, 0.2) is 24.3 Å². The molecule has 1 fully saturated rings. The molecule has 1 unspecified atom stereocenters. The minimum absolute atomic E-state index is 0.423. The van der Waals surface area contributed by atoms with Crippen molar-refractivity contribution in [2.24, 2.45) is 5.41 Å². The molecule has 0 saturated heterocycles. The minimum Gasteiger partial charge on any atom is -0.319 e. The van der Waals surface area contributed by atoms with Gasteiger partial charge in [0.25, 0.3) is 0 Å². The smallest absolute Gasteiger partial charge is 0.0410 e. The second-order valence-corrected chi connectivity index (χ2v) is 6.03. The molecule has 0 heterocycles. The number of hydrogen-bond acceptors (Lipinski definition) is 2. The van der Waals surface area contributed by atoms with Gasteiger partial charge in [-0.15, -0.1) is 0 Å². The first-order valence-corrected chi connectivity index (χ1v) is 6.97. The maximum Gasteiger partial charge on any atom is 0.0410 e. The van der Waals surface area contributed by atoms with E-state index in [1.807, 2.05) is 0 Å². The zero-order valence-electron chi connectivity index (χ0n) is 12.2. The molecule has 1 saturated carbocycles. The van der Waals surface area contributed by atoms with Crippen LogP contribution in [0.5, 0.6) is 0 Å². The Hall–Kier alpha value is -0.860. The van der Waals surface area contributed by atoms with Crippen molar-refractivity contribution in [3.05, 3.63) is 35.4 Å².